The summed E-state index contributed by atoms with van der Waals surface area (Å²) < 4.78 is 0. The summed E-state index contributed by atoms with van der Waals surface area (Å²) >= 11 is 7.85. The van der Waals surface area contributed by atoms with E-state index in [1.54, 1.807) is 11.3 Å². The number of carbonyl (C=O) groups excluding carboxylic acids is 1. The second-order valence-corrected chi connectivity index (χ2v) is 7.97. The molecule has 2 nitrogen and oxygen atoms in total. The van der Waals surface area contributed by atoms with Crippen LogP contribution < -0.4 is 0 Å². The lowest BCUT2D eigenvalue weighted by Crippen LogP contribution is -2.44. The molecule has 0 unspecified atom stereocenters. The molecule has 0 bridgehead atoms. The van der Waals surface area contributed by atoms with Crippen LogP contribution in [0.25, 0.3) is 0 Å². The maximum atomic E-state index is 12.9. The normalized spacial score (nSPS) is 14.8. The van der Waals surface area contributed by atoms with E-state index in [9.17, 15) is 4.79 Å². The second-order valence-electron chi connectivity index (χ2n) is 6.54. The van der Waals surface area contributed by atoms with Crippen molar-refractivity contribution in [2.24, 2.45) is 5.41 Å². The highest BCUT2D eigenvalue weighted by molar-refractivity contribution is 7.10. The van der Waals surface area contributed by atoms with Gasteiger partial charge in [0, 0.05) is 28.4 Å². The zero-order valence-corrected chi connectivity index (χ0v) is 14.5. The summed E-state index contributed by atoms with van der Waals surface area (Å²) in [6.07, 6.45) is 1.69. The first kappa shape index (κ1) is 15.6. The maximum absolute atomic E-state index is 12.9. The van der Waals surface area contributed by atoms with Gasteiger partial charge in [0.25, 0.3) is 0 Å². The van der Waals surface area contributed by atoms with Crippen LogP contribution in [0.2, 0.25) is 5.02 Å². The average molecular weight is 334 g/mol. The van der Waals surface area contributed by atoms with Crippen LogP contribution in [0, 0.1) is 5.41 Å². The number of thiophene rings is 1. The van der Waals surface area contributed by atoms with E-state index in [-0.39, 0.29) is 5.91 Å². The molecule has 116 valence electrons. The molecule has 0 saturated carbocycles. The zero-order chi connectivity index (χ0) is 15.7. The lowest BCUT2D eigenvalue weighted by Gasteiger charge is -2.34. The van der Waals surface area contributed by atoms with Gasteiger partial charge in [-0.25, -0.2) is 0 Å². The molecule has 1 amide bonds. The van der Waals surface area contributed by atoms with Gasteiger partial charge in [0.1, 0.15) is 0 Å². The Bertz CT molecular complexity index is 692. The number of nitrogens with zero attached hydrogens (tertiary/aromatic N) is 1. The van der Waals surface area contributed by atoms with Gasteiger partial charge in [-0.15, -0.1) is 11.3 Å². The summed E-state index contributed by atoms with van der Waals surface area (Å²) in [5.74, 6) is 0.226. The molecule has 1 aromatic heterocycles. The summed E-state index contributed by atoms with van der Waals surface area (Å²) in [5, 5.41) is 2.84. The van der Waals surface area contributed by atoms with Gasteiger partial charge in [-0.2, -0.15) is 0 Å². The van der Waals surface area contributed by atoms with Crippen LogP contribution in [0.3, 0.4) is 0 Å². The van der Waals surface area contributed by atoms with Crippen LogP contribution in [0.4, 0.5) is 0 Å². The molecule has 0 N–H and O–H groups in total. The molecule has 0 radical (unpaired) electrons. The number of benzene rings is 1. The van der Waals surface area contributed by atoms with E-state index < -0.39 is 5.41 Å². The molecule has 0 spiro atoms. The predicted molar refractivity (Wildman–Crippen MR) is 92.4 cm³/mol. The standard InChI is InChI=1S/C18H20ClNOS/c1-18(2,11-13-4-3-5-15(19)10-13)17(21)20-8-6-16-14(12-20)7-9-22-16/h3-5,7,9-10H,6,8,11-12H2,1-2H3. The van der Waals surface area contributed by atoms with Gasteiger partial charge in [0.2, 0.25) is 5.91 Å². The van der Waals surface area contributed by atoms with Crippen LogP contribution in [-0.4, -0.2) is 17.4 Å². The number of halogens is 1. The lowest BCUT2D eigenvalue weighted by molar-refractivity contribution is -0.141. The van der Waals surface area contributed by atoms with Gasteiger partial charge < -0.3 is 4.90 Å². The second kappa shape index (κ2) is 6.05. The molecule has 22 heavy (non-hydrogen) atoms. The summed E-state index contributed by atoms with van der Waals surface area (Å²) in [6, 6.07) is 9.93. The van der Waals surface area contributed by atoms with Crippen molar-refractivity contribution in [2.45, 2.75) is 33.2 Å². The van der Waals surface area contributed by atoms with Crippen molar-refractivity contribution in [3.05, 3.63) is 56.7 Å². The minimum absolute atomic E-state index is 0.226. The van der Waals surface area contributed by atoms with Crippen molar-refractivity contribution >= 4 is 28.8 Å². The van der Waals surface area contributed by atoms with Gasteiger partial charge >= 0.3 is 0 Å². The van der Waals surface area contributed by atoms with Gasteiger partial charge in [0.05, 0.1) is 0 Å². The Morgan fingerprint density at radius 2 is 2.18 bits per heavy atom. The molecule has 3 rings (SSSR count). The minimum Gasteiger partial charge on any atom is -0.337 e. The fourth-order valence-electron chi connectivity index (χ4n) is 3.08. The summed E-state index contributed by atoms with van der Waals surface area (Å²) in [4.78, 5) is 16.4. The Balaban J connectivity index is 1.73. The number of hydrogen-bond donors (Lipinski definition) is 0. The average Bonchev–Trinajstić information content (AvgIpc) is 2.93. The summed E-state index contributed by atoms with van der Waals surface area (Å²) in [7, 11) is 0. The van der Waals surface area contributed by atoms with Crippen LogP contribution >= 0.6 is 22.9 Å². The summed E-state index contributed by atoms with van der Waals surface area (Å²) in [5.41, 5.74) is 2.00. The smallest absolute Gasteiger partial charge is 0.228 e. The summed E-state index contributed by atoms with van der Waals surface area (Å²) in [6.45, 7) is 5.63. The number of rotatable bonds is 3. The highest BCUT2D eigenvalue weighted by atomic mass is 35.5. The number of carbonyl (C=O) groups is 1. The molecule has 0 aliphatic carbocycles. The molecule has 0 saturated heterocycles. The highest BCUT2D eigenvalue weighted by Crippen LogP contribution is 2.30. The zero-order valence-electron chi connectivity index (χ0n) is 12.9. The van der Waals surface area contributed by atoms with Crippen molar-refractivity contribution in [3.8, 4) is 0 Å². The molecule has 0 atom stereocenters. The third kappa shape index (κ3) is 3.21. The van der Waals surface area contributed by atoms with E-state index in [0.29, 0.717) is 6.42 Å². The van der Waals surface area contributed by atoms with Crippen LogP contribution in [-0.2, 0) is 24.2 Å². The Morgan fingerprint density at radius 1 is 1.36 bits per heavy atom. The number of amides is 1. The molecule has 4 heteroatoms. The van der Waals surface area contributed by atoms with E-state index in [2.05, 4.69) is 11.4 Å². The molecule has 2 aromatic rings. The molecular formula is C18H20ClNOS. The molecule has 0 fully saturated rings. The Hall–Kier alpha value is -1.32. The first-order valence-corrected chi connectivity index (χ1v) is 8.80. The quantitative estimate of drug-likeness (QED) is 0.806. The fourth-order valence-corrected chi connectivity index (χ4v) is 4.19. The SMILES string of the molecule is CC(C)(Cc1cccc(Cl)c1)C(=O)N1CCc2sccc2C1. The fraction of sp³-hybridized carbons (Fsp3) is 0.389. The van der Waals surface area contributed by atoms with E-state index in [1.807, 2.05) is 43.0 Å². The Morgan fingerprint density at radius 3 is 2.95 bits per heavy atom. The first-order valence-electron chi connectivity index (χ1n) is 7.55. The van der Waals surface area contributed by atoms with Crippen LogP contribution in [0.1, 0.15) is 29.9 Å². The largest absolute Gasteiger partial charge is 0.337 e. The first-order chi connectivity index (χ1) is 10.5. The highest BCUT2D eigenvalue weighted by Gasteiger charge is 2.34. The third-order valence-electron chi connectivity index (χ3n) is 4.21. The molecule has 1 aliphatic heterocycles. The Labute approximate surface area is 140 Å². The third-order valence-corrected chi connectivity index (χ3v) is 5.47. The van der Waals surface area contributed by atoms with Gasteiger partial charge in [-0.1, -0.05) is 37.6 Å². The molecule has 1 aromatic carbocycles. The minimum atomic E-state index is -0.418. The van der Waals surface area contributed by atoms with Gasteiger partial charge in [-0.3, -0.25) is 4.79 Å². The molecular weight excluding hydrogens is 314 g/mol. The van der Waals surface area contributed by atoms with E-state index in [0.717, 1.165) is 30.1 Å². The van der Waals surface area contributed by atoms with Gasteiger partial charge in [-0.05, 0) is 47.5 Å². The van der Waals surface area contributed by atoms with Crippen LogP contribution in [0.5, 0.6) is 0 Å². The van der Waals surface area contributed by atoms with Crippen molar-refractivity contribution in [3.63, 3.8) is 0 Å². The van der Waals surface area contributed by atoms with Crippen molar-refractivity contribution in [1.82, 2.24) is 4.90 Å². The molecule has 1 aliphatic rings. The van der Waals surface area contributed by atoms with E-state index >= 15 is 0 Å². The lowest BCUT2D eigenvalue weighted by atomic mass is 9.84. The monoisotopic (exact) mass is 333 g/mol. The van der Waals surface area contributed by atoms with Crippen molar-refractivity contribution in [1.29, 1.82) is 0 Å². The predicted octanol–water partition coefficient (Wildman–Crippen LogP) is 4.56. The molecule has 2 heterocycles. The van der Waals surface area contributed by atoms with Crippen molar-refractivity contribution < 1.29 is 4.79 Å². The van der Waals surface area contributed by atoms with E-state index in [4.69, 9.17) is 11.6 Å². The topological polar surface area (TPSA) is 20.3 Å². The van der Waals surface area contributed by atoms with E-state index in [1.165, 1.54) is 10.4 Å². The van der Waals surface area contributed by atoms with Gasteiger partial charge in [0.15, 0.2) is 0 Å². The maximum Gasteiger partial charge on any atom is 0.228 e. The Kier molecular flexibility index (Phi) is 4.28. The van der Waals surface area contributed by atoms with Crippen molar-refractivity contribution in [2.75, 3.05) is 6.54 Å². The number of hydrogen-bond acceptors (Lipinski definition) is 2. The number of fused-ring (bicyclic) bond motifs is 1. The van der Waals surface area contributed by atoms with Crippen LogP contribution in [0.15, 0.2) is 35.7 Å².